The molecule has 0 fully saturated rings. The van der Waals surface area contributed by atoms with Gasteiger partial charge in [-0.25, -0.2) is 4.39 Å². The Bertz CT molecular complexity index is 555. The summed E-state index contributed by atoms with van der Waals surface area (Å²) >= 11 is 0. The number of aromatic nitrogens is 1. The van der Waals surface area contributed by atoms with Crippen LogP contribution in [0, 0.1) is 12.7 Å². The number of hydrogen-bond acceptors (Lipinski definition) is 3. The van der Waals surface area contributed by atoms with E-state index in [0.717, 1.165) is 12.1 Å². The number of pyridine rings is 1. The largest absolute Gasteiger partial charge is 0.456 e. The molecule has 2 N–H and O–H groups in total. The molecule has 0 saturated heterocycles. The van der Waals surface area contributed by atoms with Crippen LogP contribution in [0.3, 0.4) is 0 Å². The van der Waals surface area contributed by atoms with E-state index in [0.29, 0.717) is 17.1 Å². The lowest BCUT2D eigenvalue weighted by molar-refractivity contribution is 0.472. The SMILES string of the molecule is CC[C@H](N)c1ccc(Oc2ccc(C)c(F)c2)cn1. The fourth-order valence-corrected chi connectivity index (χ4v) is 1.65. The monoisotopic (exact) mass is 260 g/mol. The van der Waals surface area contributed by atoms with Gasteiger partial charge in [-0.15, -0.1) is 0 Å². The molecular weight excluding hydrogens is 243 g/mol. The molecule has 2 aromatic rings. The molecule has 1 aromatic carbocycles. The van der Waals surface area contributed by atoms with Gasteiger partial charge in [-0.1, -0.05) is 13.0 Å². The topological polar surface area (TPSA) is 48.1 Å². The van der Waals surface area contributed by atoms with E-state index in [-0.39, 0.29) is 11.9 Å². The molecule has 0 unspecified atom stereocenters. The van der Waals surface area contributed by atoms with Crippen molar-refractivity contribution in [2.75, 3.05) is 0 Å². The van der Waals surface area contributed by atoms with Crippen LogP contribution in [-0.2, 0) is 0 Å². The van der Waals surface area contributed by atoms with Crippen molar-refractivity contribution in [3.63, 3.8) is 0 Å². The highest BCUT2D eigenvalue weighted by Gasteiger charge is 2.06. The number of halogens is 1. The van der Waals surface area contributed by atoms with Crippen LogP contribution >= 0.6 is 0 Å². The molecule has 0 amide bonds. The van der Waals surface area contributed by atoms with E-state index >= 15 is 0 Å². The summed E-state index contributed by atoms with van der Waals surface area (Å²) in [6.45, 7) is 3.72. The maximum absolute atomic E-state index is 13.4. The minimum Gasteiger partial charge on any atom is -0.456 e. The van der Waals surface area contributed by atoms with E-state index in [2.05, 4.69) is 4.98 Å². The van der Waals surface area contributed by atoms with Crippen LogP contribution < -0.4 is 10.5 Å². The van der Waals surface area contributed by atoms with Crippen LogP contribution in [0.5, 0.6) is 11.5 Å². The van der Waals surface area contributed by atoms with Gasteiger partial charge in [0.1, 0.15) is 17.3 Å². The lowest BCUT2D eigenvalue weighted by Gasteiger charge is -2.10. The highest BCUT2D eigenvalue weighted by Crippen LogP contribution is 2.23. The molecule has 0 saturated carbocycles. The first-order valence-corrected chi connectivity index (χ1v) is 6.25. The van der Waals surface area contributed by atoms with Crippen molar-refractivity contribution in [2.45, 2.75) is 26.3 Å². The fraction of sp³-hybridized carbons (Fsp3) is 0.267. The molecule has 0 aliphatic heterocycles. The van der Waals surface area contributed by atoms with Gasteiger partial charge in [-0.3, -0.25) is 4.98 Å². The standard InChI is InChI=1S/C15H17FN2O/c1-3-14(17)15-7-6-12(9-18-15)19-11-5-4-10(2)13(16)8-11/h4-9,14H,3,17H2,1-2H3/t14-/m0/s1. The van der Waals surface area contributed by atoms with Gasteiger partial charge >= 0.3 is 0 Å². The third-order valence-corrected chi connectivity index (χ3v) is 2.96. The van der Waals surface area contributed by atoms with Crippen molar-refractivity contribution in [3.05, 3.63) is 53.6 Å². The first-order valence-electron chi connectivity index (χ1n) is 6.25. The molecule has 0 radical (unpaired) electrons. The van der Waals surface area contributed by atoms with Crippen molar-refractivity contribution >= 4 is 0 Å². The smallest absolute Gasteiger partial charge is 0.145 e. The van der Waals surface area contributed by atoms with Crippen molar-refractivity contribution in [2.24, 2.45) is 5.73 Å². The van der Waals surface area contributed by atoms with Crippen molar-refractivity contribution in [1.29, 1.82) is 0 Å². The maximum atomic E-state index is 13.4. The Balaban J connectivity index is 2.12. The van der Waals surface area contributed by atoms with Crippen LogP contribution in [0.15, 0.2) is 36.5 Å². The summed E-state index contributed by atoms with van der Waals surface area (Å²) < 4.78 is 18.9. The number of nitrogens with zero attached hydrogens (tertiary/aromatic N) is 1. The molecular formula is C15H17FN2O. The van der Waals surface area contributed by atoms with Gasteiger partial charge < -0.3 is 10.5 Å². The first-order chi connectivity index (χ1) is 9.10. The summed E-state index contributed by atoms with van der Waals surface area (Å²) in [7, 11) is 0. The zero-order chi connectivity index (χ0) is 13.8. The van der Waals surface area contributed by atoms with E-state index in [1.165, 1.54) is 6.07 Å². The Morgan fingerprint density at radius 1 is 1.26 bits per heavy atom. The first kappa shape index (κ1) is 13.5. The molecule has 2 rings (SSSR count). The Labute approximate surface area is 112 Å². The van der Waals surface area contributed by atoms with Crippen LogP contribution in [0.4, 0.5) is 4.39 Å². The van der Waals surface area contributed by atoms with Gasteiger partial charge in [0.05, 0.1) is 11.9 Å². The predicted octanol–water partition coefficient (Wildman–Crippen LogP) is 3.73. The van der Waals surface area contributed by atoms with E-state index in [1.807, 2.05) is 13.0 Å². The van der Waals surface area contributed by atoms with Crippen molar-refractivity contribution in [3.8, 4) is 11.5 Å². The molecule has 0 aliphatic rings. The number of rotatable bonds is 4. The van der Waals surface area contributed by atoms with E-state index in [9.17, 15) is 4.39 Å². The molecule has 3 nitrogen and oxygen atoms in total. The van der Waals surface area contributed by atoms with E-state index < -0.39 is 0 Å². The highest BCUT2D eigenvalue weighted by atomic mass is 19.1. The molecule has 100 valence electrons. The second kappa shape index (κ2) is 5.80. The summed E-state index contributed by atoms with van der Waals surface area (Å²) in [5, 5.41) is 0. The number of benzene rings is 1. The molecule has 1 heterocycles. The molecule has 1 atom stereocenters. The molecule has 0 aliphatic carbocycles. The number of hydrogen-bond donors (Lipinski definition) is 1. The minimum atomic E-state index is -0.282. The van der Waals surface area contributed by atoms with Crippen molar-refractivity contribution < 1.29 is 9.13 Å². The number of nitrogens with two attached hydrogens (primary N) is 1. The van der Waals surface area contributed by atoms with Crippen LogP contribution in [0.25, 0.3) is 0 Å². The normalized spacial score (nSPS) is 12.2. The summed E-state index contributed by atoms with van der Waals surface area (Å²) in [5.41, 5.74) is 7.30. The van der Waals surface area contributed by atoms with Crippen molar-refractivity contribution in [1.82, 2.24) is 4.98 Å². The summed E-state index contributed by atoms with van der Waals surface area (Å²) in [6.07, 6.45) is 2.43. The Morgan fingerprint density at radius 3 is 2.58 bits per heavy atom. The lowest BCUT2D eigenvalue weighted by atomic mass is 10.1. The van der Waals surface area contributed by atoms with E-state index in [4.69, 9.17) is 10.5 Å². The maximum Gasteiger partial charge on any atom is 0.145 e. The number of ether oxygens (including phenoxy) is 1. The lowest BCUT2D eigenvalue weighted by Crippen LogP contribution is -2.10. The van der Waals surface area contributed by atoms with Gasteiger partial charge in [-0.05, 0) is 37.1 Å². The average molecular weight is 260 g/mol. The van der Waals surface area contributed by atoms with Gasteiger partial charge in [-0.2, -0.15) is 0 Å². The summed E-state index contributed by atoms with van der Waals surface area (Å²) in [5.74, 6) is 0.739. The average Bonchev–Trinajstić information content (AvgIpc) is 2.43. The molecule has 0 bridgehead atoms. The Morgan fingerprint density at radius 2 is 2.00 bits per heavy atom. The van der Waals surface area contributed by atoms with Gasteiger partial charge in [0.2, 0.25) is 0 Å². The molecule has 19 heavy (non-hydrogen) atoms. The van der Waals surface area contributed by atoms with Gasteiger partial charge in [0.15, 0.2) is 0 Å². The minimum absolute atomic E-state index is 0.0640. The Hall–Kier alpha value is -1.94. The zero-order valence-electron chi connectivity index (χ0n) is 11.1. The van der Waals surface area contributed by atoms with Crippen LogP contribution in [-0.4, -0.2) is 4.98 Å². The third kappa shape index (κ3) is 3.29. The molecule has 4 heteroatoms. The fourth-order valence-electron chi connectivity index (χ4n) is 1.65. The number of aryl methyl sites for hydroxylation is 1. The molecule has 0 spiro atoms. The highest BCUT2D eigenvalue weighted by molar-refractivity contribution is 5.33. The third-order valence-electron chi connectivity index (χ3n) is 2.96. The van der Waals surface area contributed by atoms with Crippen LogP contribution in [0.2, 0.25) is 0 Å². The quantitative estimate of drug-likeness (QED) is 0.911. The van der Waals surface area contributed by atoms with Gasteiger partial charge in [0, 0.05) is 12.1 Å². The zero-order valence-corrected chi connectivity index (χ0v) is 11.1. The second-order valence-corrected chi connectivity index (χ2v) is 4.45. The molecule has 1 aromatic heterocycles. The summed E-state index contributed by atoms with van der Waals surface area (Å²) in [6, 6.07) is 8.32. The second-order valence-electron chi connectivity index (χ2n) is 4.45. The summed E-state index contributed by atoms with van der Waals surface area (Å²) in [4.78, 5) is 4.24. The van der Waals surface area contributed by atoms with Gasteiger partial charge in [0.25, 0.3) is 0 Å². The van der Waals surface area contributed by atoms with Crippen LogP contribution in [0.1, 0.15) is 30.6 Å². The van der Waals surface area contributed by atoms with E-state index in [1.54, 1.807) is 31.3 Å². The Kier molecular flexibility index (Phi) is 4.12. The predicted molar refractivity (Wildman–Crippen MR) is 72.7 cm³/mol.